The lowest BCUT2D eigenvalue weighted by Gasteiger charge is -2.31. The number of hydrogen-bond acceptors (Lipinski definition) is 6. The van der Waals surface area contributed by atoms with E-state index in [1.54, 1.807) is 19.5 Å². The zero-order valence-electron chi connectivity index (χ0n) is 16.7. The summed E-state index contributed by atoms with van der Waals surface area (Å²) in [5.74, 6) is 2.71. The van der Waals surface area contributed by atoms with Crippen LogP contribution in [-0.2, 0) is 6.54 Å². The number of ether oxygens (including phenoxy) is 1. The average Bonchev–Trinajstić information content (AvgIpc) is 3.22. The minimum absolute atomic E-state index is 0.356. The molecule has 0 amide bonds. The number of aryl methyl sites for hydroxylation is 2. The van der Waals surface area contributed by atoms with Gasteiger partial charge in [0.05, 0.1) is 7.11 Å². The first-order valence-electron chi connectivity index (χ1n) is 9.74. The Kier molecular flexibility index (Phi) is 5.39. The van der Waals surface area contributed by atoms with Crippen molar-refractivity contribution in [3.63, 3.8) is 0 Å². The monoisotopic (exact) mass is 378 g/mol. The summed E-state index contributed by atoms with van der Waals surface area (Å²) in [5.41, 5.74) is 4.76. The van der Waals surface area contributed by atoms with E-state index in [-0.39, 0.29) is 0 Å². The quantitative estimate of drug-likeness (QED) is 0.665. The van der Waals surface area contributed by atoms with Crippen molar-refractivity contribution in [2.45, 2.75) is 39.2 Å². The highest BCUT2D eigenvalue weighted by molar-refractivity contribution is 5.51. The lowest BCUT2D eigenvalue weighted by molar-refractivity contribution is 0.200. The first-order valence-corrected chi connectivity index (χ1v) is 9.74. The van der Waals surface area contributed by atoms with Crippen LogP contribution in [0.5, 0.6) is 5.75 Å². The van der Waals surface area contributed by atoms with Gasteiger partial charge < -0.3 is 9.26 Å². The van der Waals surface area contributed by atoms with Crippen molar-refractivity contribution in [1.29, 1.82) is 0 Å². The van der Waals surface area contributed by atoms with Gasteiger partial charge in [-0.05, 0) is 74.7 Å². The molecular weight excluding hydrogens is 352 g/mol. The summed E-state index contributed by atoms with van der Waals surface area (Å²) in [4.78, 5) is 11.2. The summed E-state index contributed by atoms with van der Waals surface area (Å²) < 4.78 is 10.9. The number of aromatic nitrogens is 3. The Morgan fingerprint density at radius 2 is 1.86 bits per heavy atom. The van der Waals surface area contributed by atoms with E-state index in [1.165, 1.54) is 16.7 Å². The number of rotatable bonds is 5. The molecule has 0 radical (unpaired) electrons. The van der Waals surface area contributed by atoms with Crippen LogP contribution in [0.2, 0.25) is 0 Å². The third-order valence-electron chi connectivity index (χ3n) is 5.57. The van der Waals surface area contributed by atoms with Crippen LogP contribution in [-0.4, -0.2) is 40.2 Å². The first-order chi connectivity index (χ1) is 13.6. The molecule has 4 rings (SSSR count). The molecule has 6 nitrogen and oxygen atoms in total. The molecule has 0 saturated carbocycles. The standard InChI is InChI=1S/C22H26N4O2/c1-15-13-20(27-3)16(2)12-19(15)14-26-10-6-17(7-11-26)21-24-22(28-25-21)18-4-8-23-9-5-18/h4-5,8-9,12-13,17H,6-7,10-11,14H2,1-3H3. The van der Waals surface area contributed by atoms with Crippen LogP contribution in [0.4, 0.5) is 0 Å². The number of methoxy groups -OCH3 is 1. The third-order valence-corrected chi connectivity index (χ3v) is 5.57. The maximum absolute atomic E-state index is 5.46. The highest BCUT2D eigenvalue weighted by atomic mass is 16.5. The fraction of sp³-hybridized carbons (Fsp3) is 0.409. The van der Waals surface area contributed by atoms with Crippen molar-refractivity contribution < 1.29 is 9.26 Å². The molecule has 1 saturated heterocycles. The van der Waals surface area contributed by atoms with Gasteiger partial charge in [0.1, 0.15) is 5.75 Å². The van der Waals surface area contributed by atoms with E-state index in [9.17, 15) is 0 Å². The normalized spacial score (nSPS) is 15.7. The van der Waals surface area contributed by atoms with Crippen molar-refractivity contribution in [3.05, 3.63) is 59.2 Å². The maximum atomic E-state index is 5.46. The molecule has 0 N–H and O–H groups in total. The molecule has 1 aliphatic rings. The topological polar surface area (TPSA) is 64.3 Å². The number of nitrogens with zero attached hydrogens (tertiary/aromatic N) is 4. The molecule has 3 aromatic rings. The summed E-state index contributed by atoms with van der Waals surface area (Å²) in [7, 11) is 1.73. The largest absolute Gasteiger partial charge is 0.496 e. The van der Waals surface area contributed by atoms with Crippen LogP contribution < -0.4 is 4.74 Å². The van der Waals surface area contributed by atoms with Crippen LogP contribution in [0.25, 0.3) is 11.5 Å². The Labute approximate surface area is 165 Å². The van der Waals surface area contributed by atoms with E-state index < -0.39 is 0 Å². The van der Waals surface area contributed by atoms with Gasteiger partial charge in [-0.2, -0.15) is 4.98 Å². The smallest absolute Gasteiger partial charge is 0.258 e. The van der Waals surface area contributed by atoms with Crippen LogP contribution in [0.3, 0.4) is 0 Å². The molecule has 28 heavy (non-hydrogen) atoms. The first kappa shape index (κ1) is 18.6. The molecule has 6 heteroatoms. The maximum Gasteiger partial charge on any atom is 0.258 e. The van der Waals surface area contributed by atoms with Gasteiger partial charge in [-0.1, -0.05) is 11.2 Å². The van der Waals surface area contributed by atoms with E-state index in [0.29, 0.717) is 11.8 Å². The lowest BCUT2D eigenvalue weighted by atomic mass is 9.95. The fourth-order valence-corrected chi connectivity index (χ4v) is 3.84. The van der Waals surface area contributed by atoms with E-state index in [4.69, 9.17) is 9.26 Å². The molecule has 0 bridgehead atoms. The van der Waals surface area contributed by atoms with E-state index >= 15 is 0 Å². The molecule has 0 spiro atoms. The van der Waals surface area contributed by atoms with Gasteiger partial charge in [-0.25, -0.2) is 0 Å². The van der Waals surface area contributed by atoms with Gasteiger partial charge in [-0.3, -0.25) is 9.88 Å². The predicted molar refractivity (Wildman–Crippen MR) is 107 cm³/mol. The van der Waals surface area contributed by atoms with Crippen LogP contribution in [0, 0.1) is 13.8 Å². The Balaban J connectivity index is 1.38. The average molecular weight is 378 g/mol. The molecule has 1 fully saturated rings. The van der Waals surface area contributed by atoms with Crippen LogP contribution in [0.15, 0.2) is 41.2 Å². The number of hydrogen-bond donors (Lipinski definition) is 0. The van der Waals surface area contributed by atoms with Gasteiger partial charge in [0.2, 0.25) is 0 Å². The molecule has 1 aliphatic heterocycles. The Bertz CT molecular complexity index is 931. The highest BCUT2D eigenvalue weighted by Crippen LogP contribution is 2.30. The SMILES string of the molecule is COc1cc(C)c(CN2CCC(c3noc(-c4ccncc4)n3)CC2)cc1C. The van der Waals surface area contributed by atoms with Gasteiger partial charge in [-0.15, -0.1) is 0 Å². The zero-order chi connectivity index (χ0) is 19.5. The van der Waals surface area contributed by atoms with Gasteiger partial charge in [0.25, 0.3) is 5.89 Å². The van der Waals surface area contributed by atoms with Gasteiger partial charge in [0, 0.05) is 30.4 Å². The number of benzene rings is 1. The minimum atomic E-state index is 0.356. The Hall–Kier alpha value is -2.73. The fourth-order valence-electron chi connectivity index (χ4n) is 3.84. The van der Waals surface area contributed by atoms with Crippen LogP contribution >= 0.6 is 0 Å². The molecule has 0 unspecified atom stereocenters. The van der Waals surface area contributed by atoms with Crippen molar-refractivity contribution in [3.8, 4) is 17.2 Å². The molecule has 0 aliphatic carbocycles. The second-order valence-electron chi connectivity index (χ2n) is 7.49. The second kappa shape index (κ2) is 8.10. The zero-order valence-corrected chi connectivity index (χ0v) is 16.7. The van der Waals surface area contributed by atoms with Crippen molar-refractivity contribution >= 4 is 0 Å². The lowest BCUT2D eigenvalue weighted by Crippen LogP contribution is -2.33. The second-order valence-corrected chi connectivity index (χ2v) is 7.49. The number of pyridine rings is 1. The van der Waals surface area contributed by atoms with E-state index in [0.717, 1.165) is 49.6 Å². The third kappa shape index (κ3) is 3.92. The molecular formula is C22H26N4O2. The summed E-state index contributed by atoms with van der Waals surface area (Å²) in [5, 5.41) is 4.23. The summed E-state index contributed by atoms with van der Waals surface area (Å²) in [6.07, 6.45) is 5.56. The molecule has 1 aromatic carbocycles. The predicted octanol–water partition coefficient (Wildman–Crippen LogP) is 4.14. The molecule has 146 valence electrons. The Morgan fingerprint density at radius 1 is 1.11 bits per heavy atom. The number of piperidine rings is 1. The van der Waals surface area contributed by atoms with Gasteiger partial charge in [0.15, 0.2) is 5.82 Å². The minimum Gasteiger partial charge on any atom is -0.496 e. The summed E-state index contributed by atoms with van der Waals surface area (Å²) in [6.45, 7) is 7.30. The van der Waals surface area contributed by atoms with Crippen LogP contribution in [0.1, 0.15) is 41.3 Å². The van der Waals surface area contributed by atoms with Crippen molar-refractivity contribution in [1.82, 2.24) is 20.0 Å². The van der Waals surface area contributed by atoms with Crippen molar-refractivity contribution in [2.24, 2.45) is 0 Å². The molecule has 3 heterocycles. The Morgan fingerprint density at radius 3 is 2.57 bits per heavy atom. The summed E-state index contributed by atoms with van der Waals surface area (Å²) in [6, 6.07) is 8.16. The highest BCUT2D eigenvalue weighted by Gasteiger charge is 2.25. The molecule has 2 aromatic heterocycles. The summed E-state index contributed by atoms with van der Waals surface area (Å²) >= 11 is 0. The van der Waals surface area contributed by atoms with Crippen molar-refractivity contribution in [2.75, 3.05) is 20.2 Å². The van der Waals surface area contributed by atoms with E-state index in [1.807, 2.05) is 12.1 Å². The number of likely N-dealkylation sites (tertiary alicyclic amines) is 1. The van der Waals surface area contributed by atoms with E-state index in [2.05, 4.69) is 46.0 Å². The van der Waals surface area contributed by atoms with Gasteiger partial charge >= 0.3 is 0 Å². The molecule has 0 atom stereocenters.